The number of hydrogen-bond donors (Lipinski definition) is 0. The van der Waals surface area contributed by atoms with Crippen molar-refractivity contribution in [1.82, 2.24) is 0 Å². The van der Waals surface area contributed by atoms with Crippen LogP contribution in [0, 0.1) is 10.8 Å². The molecule has 0 amide bonds. The van der Waals surface area contributed by atoms with Crippen molar-refractivity contribution in [3.05, 3.63) is 22.8 Å². The van der Waals surface area contributed by atoms with Gasteiger partial charge in [-0.2, -0.15) is 0 Å². The molecule has 0 aliphatic heterocycles. The second kappa shape index (κ2) is 2.35. The highest BCUT2D eigenvalue weighted by Crippen LogP contribution is 2.72. The molecule has 0 nitrogen and oxygen atoms in total. The molecular formula is C14H20. The van der Waals surface area contributed by atoms with Crippen molar-refractivity contribution in [3.8, 4) is 0 Å². The summed E-state index contributed by atoms with van der Waals surface area (Å²) in [6, 6.07) is 0. The number of allylic oxidation sites excluding steroid dienone is 4. The van der Waals surface area contributed by atoms with E-state index in [-0.39, 0.29) is 0 Å². The fourth-order valence-corrected chi connectivity index (χ4v) is 3.87. The SMILES string of the molecule is CC1=CC2(C)CC2(C)C2=C1CCCC2. The summed E-state index contributed by atoms with van der Waals surface area (Å²) in [7, 11) is 0. The van der Waals surface area contributed by atoms with Crippen LogP contribution in [0.5, 0.6) is 0 Å². The molecule has 0 N–H and O–H groups in total. The van der Waals surface area contributed by atoms with Gasteiger partial charge in [-0.15, -0.1) is 0 Å². The molecule has 0 heterocycles. The van der Waals surface area contributed by atoms with E-state index in [4.69, 9.17) is 0 Å². The lowest BCUT2D eigenvalue weighted by Crippen LogP contribution is -2.19. The topological polar surface area (TPSA) is 0 Å². The summed E-state index contributed by atoms with van der Waals surface area (Å²) in [4.78, 5) is 0. The summed E-state index contributed by atoms with van der Waals surface area (Å²) in [6.45, 7) is 7.25. The zero-order valence-corrected chi connectivity index (χ0v) is 9.61. The predicted octanol–water partition coefficient (Wildman–Crippen LogP) is 4.23. The van der Waals surface area contributed by atoms with Gasteiger partial charge in [-0.1, -0.05) is 31.1 Å². The molecular weight excluding hydrogens is 168 g/mol. The summed E-state index contributed by atoms with van der Waals surface area (Å²) in [6.07, 6.45) is 9.53. The third kappa shape index (κ3) is 0.852. The maximum atomic E-state index is 2.55. The molecule has 1 saturated carbocycles. The highest BCUT2D eigenvalue weighted by molar-refractivity contribution is 5.51. The third-order valence-electron chi connectivity index (χ3n) is 5.00. The Kier molecular flexibility index (Phi) is 1.47. The van der Waals surface area contributed by atoms with Crippen molar-refractivity contribution < 1.29 is 0 Å². The van der Waals surface area contributed by atoms with Gasteiger partial charge in [0.15, 0.2) is 0 Å². The quantitative estimate of drug-likeness (QED) is 0.533. The van der Waals surface area contributed by atoms with E-state index in [0.717, 1.165) is 0 Å². The zero-order chi connectivity index (χ0) is 9.97. The van der Waals surface area contributed by atoms with E-state index in [9.17, 15) is 0 Å². The minimum atomic E-state index is 0.521. The van der Waals surface area contributed by atoms with Gasteiger partial charge in [-0.3, -0.25) is 0 Å². The molecule has 3 rings (SSSR count). The monoisotopic (exact) mass is 188 g/mol. The van der Waals surface area contributed by atoms with Crippen molar-refractivity contribution in [3.63, 3.8) is 0 Å². The highest BCUT2D eigenvalue weighted by Gasteiger charge is 2.63. The molecule has 1 fully saturated rings. The van der Waals surface area contributed by atoms with Gasteiger partial charge in [0.2, 0.25) is 0 Å². The molecule has 0 aromatic rings. The van der Waals surface area contributed by atoms with Crippen LogP contribution >= 0.6 is 0 Å². The first-order valence-corrected chi connectivity index (χ1v) is 5.99. The molecule has 2 unspecified atom stereocenters. The van der Waals surface area contributed by atoms with E-state index in [1.165, 1.54) is 32.1 Å². The summed E-state index contributed by atoms with van der Waals surface area (Å²) in [5.41, 5.74) is 6.23. The number of fused-ring (bicyclic) bond motifs is 2. The Morgan fingerprint density at radius 3 is 2.64 bits per heavy atom. The van der Waals surface area contributed by atoms with Gasteiger partial charge < -0.3 is 0 Å². The van der Waals surface area contributed by atoms with Gasteiger partial charge in [0.25, 0.3) is 0 Å². The van der Waals surface area contributed by atoms with Crippen LogP contribution in [0.25, 0.3) is 0 Å². The predicted molar refractivity (Wildman–Crippen MR) is 60.1 cm³/mol. The van der Waals surface area contributed by atoms with E-state index in [0.29, 0.717) is 10.8 Å². The van der Waals surface area contributed by atoms with Crippen LogP contribution in [0.2, 0.25) is 0 Å². The zero-order valence-electron chi connectivity index (χ0n) is 9.61. The molecule has 3 aliphatic rings. The lowest BCUT2D eigenvalue weighted by Gasteiger charge is -2.32. The van der Waals surface area contributed by atoms with Gasteiger partial charge in [0, 0.05) is 0 Å². The fraction of sp³-hybridized carbons (Fsp3) is 0.714. The van der Waals surface area contributed by atoms with Gasteiger partial charge >= 0.3 is 0 Å². The number of hydrogen-bond acceptors (Lipinski definition) is 0. The molecule has 0 radical (unpaired) electrons. The second-order valence-electron chi connectivity index (χ2n) is 5.92. The Balaban J connectivity index is 2.13. The average Bonchev–Trinajstić information content (AvgIpc) is 2.70. The molecule has 0 heteroatoms. The summed E-state index contributed by atoms with van der Waals surface area (Å²) in [5.74, 6) is 0. The Hall–Kier alpha value is -0.520. The maximum Gasteiger partial charge on any atom is -0.00132 e. The van der Waals surface area contributed by atoms with Crippen LogP contribution in [0.3, 0.4) is 0 Å². The summed E-state index contributed by atoms with van der Waals surface area (Å²) in [5, 5.41) is 0. The standard InChI is InChI=1S/C14H20/c1-10-8-13(2)9-14(13,3)12-7-5-4-6-11(10)12/h8H,4-7,9H2,1-3H3. The van der Waals surface area contributed by atoms with Crippen molar-refractivity contribution in [2.24, 2.45) is 10.8 Å². The Morgan fingerprint density at radius 1 is 1.14 bits per heavy atom. The molecule has 3 aliphatic carbocycles. The molecule has 76 valence electrons. The van der Waals surface area contributed by atoms with E-state index in [1.807, 2.05) is 5.57 Å². The van der Waals surface area contributed by atoms with Crippen LogP contribution in [0.1, 0.15) is 52.9 Å². The lowest BCUT2D eigenvalue weighted by atomic mass is 9.72. The fourth-order valence-electron chi connectivity index (χ4n) is 3.87. The Labute approximate surface area is 87.1 Å². The van der Waals surface area contributed by atoms with Crippen LogP contribution < -0.4 is 0 Å². The van der Waals surface area contributed by atoms with Gasteiger partial charge in [0.05, 0.1) is 0 Å². The van der Waals surface area contributed by atoms with Crippen LogP contribution in [-0.2, 0) is 0 Å². The first kappa shape index (κ1) is 8.76. The second-order valence-corrected chi connectivity index (χ2v) is 5.92. The molecule has 0 bridgehead atoms. The average molecular weight is 188 g/mol. The van der Waals surface area contributed by atoms with E-state index < -0.39 is 0 Å². The Morgan fingerprint density at radius 2 is 1.86 bits per heavy atom. The van der Waals surface area contributed by atoms with Crippen LogP contribution in [0.4, 0.5) is 0 Å². The molecule has 0 saturated heterocycles. The van der Waals surface area contributed by atoms with E-state index >= 15 is 0 Å². The Bertz CT molecular complexity index is 358. The van der Waals surface area contributed by atoms with E-state index in [2.05, 4.69) is 26.8 Å². The smallest absolute Gasteiger partial charge is 0.00132 e. The molecule has 0 aromatic carbocycles. The van der Waals surface area contributed by atoms with Crippen LogP contribution in [-0.4, -0.2) is 0 Å². The third-order valence-corrected chi connectivity index (χ3v) is 5.00. The normalized spacial score (nSPS) is 45.5. The van der Waals surface area contributed by atoms with Crippen molar-refractivity contribution in [2.75, 3.05) is 0 Å². The first-order chi connectivity index (χ1) is 6.57. The molecule has 0 spiro atoms. The van der Waals surface area contributed by atoms with Gasteiger partial charge in [0.1, 0.15) is 0 Å². The first-order valence-electron chi connectivity index (χ1n) is 5.99. The molecule has 2 atom stereocenters. The lowest BCUT2D eigenvalue weighted by molar-refractivity contribution is 0.467. The van der Waals surface area contributed by atoms with Crippen molar-refractivity contribution in [1.29, 1.82) is 0 Å². The van der Waals surface area contributed by atoms with Gasteiger partial charge in [-0.25, -0.2) is 0 Å². The highest BCUT2D eigenvalue weighted by atomic mass is 14.7. The van der Waals surface area contributed by atoms with Gasteiger partial charge in [-0.05, 0) is 55.4 Å². The van der Waals surface area contributed by atoms with Crippen LogP contribution in [0.15, 0.2) is 22.8 Å². The molecule has 14 heavy (non-hydrogen) atoms. The van der Waals surface area contributed by atoms with Crippen molar-refractivity contribution >= 4 is 0 Å². The maximum absolute atomic E-state index is 2.55. The molecule has 0 aromatic heterocycles. The van der Waals surface area contributed by atoms with Crippen molar-refractivity contribution in [2.45, 2.75) is 52.9 Å². The minimum absolute atomic E-state index is 0.521. The van der Waals surface area contributed by atoms with E-state index in [1.54, 1.807) is 11.1 Å². The number of rotatable bonds is 0. The minimum Gasteiger partial charge on any atom is -0.0745 e. The summed E-state index contributed by atoms with van der Waals surface area (Å²) < 4.78 is 0. The summed E-state index contributed by atoms with van der Waals surface area (Å²) >= 11 is 0. The largest absolute Gasteiger partial charge is 0.0745 e.